The summed E-state index contributed by atoms with van der Waals surface area (Å²) in [6.07, 6.45) is 0.906. The van der Waals surface area contributed by atoms with E-state index in [1.54, 1.807) is 0 Å². The van der Waals surface area contributed by atoms with Crippen LogP contribution in [0.3, 0.4) is 0 Å². The highest BCUT2D eigenvalue weighted by Crippen LogP contribution is 2.32. The molecule has 0 saturated carbocycles. The van der Waals surface area contributed by atoms with Gasteiger partial charge in [-0.25, -0.2) is 0 Å². The van der Waals surface area contributed by atoms with Crippen LogP contribution in [0.25, 0.3) is 0 Å². The van der Waals surface area contributed by atoms with Crippen molar-refractivity contribution >= 4 is 0 Å². The van der Waals surface area contributed by atoms with Crippen molar-refractivity contribution in [3.8, 4) is 0 Å². The van der Waals surface area contributed by atoms with Gasteiger partial charge in [0.2, 0.25) is 0 Å². The molecule has 0 saturated heterocycles. The van der Waals surface area contributed by atoms with Gasteiger partial charge in [-0.15, -0.1) is 0 Å². The summed E-state index contributed by atoms with van der Waals surface area (Å²) in [4.78, 5) is 0. The van der Waals surface area contributed by atoms with Crippen molar-refractivity contribution in [2.45, 2.75) is 38.8 Å². The SMILES string of the molecule is CC.CC1(N)c2ccccc2C[C@H]1N. The molecule has 0 spiro atoms. The second-order valence-electron chi connectivity index (χ2n) is 3.75. The lowest BCUT2D eigenvalue weighted by Gasteiger charge is -2.24. The molecule has 0 heterocycles. The average Bonchev–Trinajstić information content (AvgIpc) is 2.42. The van der Waals surface area contributed by atoms with Crippen LogP contribution in [0.15, 0.2) is 24.3 Å². The molecule has 2 rings (SSSR count). The Kier molecular flexibility index (Phi) is 3.29. The summed E-state index contributed by atoms with van der Waals surface area (Å²) in [7, 11) is 0. The number of hydrogen-bond acceptors (Lipinski definition) is 2. The molecule has 1 unspecified atom stereocenters. The topological polar surface area (TPSA) is 52.0 Å². The minimum atomic E-state index is -0.337. The summed E-state index contributed by atoms with van der Waals surface area (Å²) in [5.74, 6) is 0. The Hall–Kier alpha value is -0.860. The normalized spacial score (nSPS) is 29.1. The third-order valence-corrected chi connectivity index (χ3v) is 2.81. The maximum atomic E-state index is 6.11. The van der Waals surface area contributed by atoms with Gasteiger partial charge >= 0.3 is 0 Å². The molecule has 2 heteroatoms. The van der Waals surface area contributed by atoms with E-state index in [4.69, 9.17) is 11.5 Å². The lowest BCUT2D eigenvalue weighted by atomic mass is 9.93. The lowest BCUT2D eigenvalue weighted by Crippen LogP contribution is -2.47. The molecule has 14 heavy (non-hydrogen) atoms. The maximum absolute atomic E-state index is 6.11. The Bertz CT molecular complexity index is 305. The standard InChI is InChI=1S/C10H14N2.C2H6/c1-10(12)8-5-3-2-4-7(8)6-9(10)11;1-2/h2-5,9H,6,11-12H2,1H3;1-2H3/t9-,10?;/m1./s1. The zero-order valence-corrected chi connectivity index (χ0v) is 9.25. The summed E-state index contributed by atoms with van der Waals surface area (Å²) in [5, 5.41) is 0. The zero-order chi connectivity index (χ0) is 10.8. The van der Waals surface area contributed by atoms with E-state index in [-0.39, 0.29) is 11.6 Å². The quantitative estimate of drug-likeness (QED) is 0.658. The molecular formula is C12H20N2. The Morgan fingerprint density at radius 2 is 1.86 bits per heavy atom. The summed E-state index contributed by atoms with van der Waals surface area (Å²) in [6.45, 7) is 6.00. The zero-order valence-electron chi connectivity index (χ0n) is 9.25. The van der Waals surface area contributed by atoms with Crippen LogP contribution in [0.4, 0.5) is 0 Å². The molecule has 4 N–H and O–H groups in total. The monoisotopic (exact) mass is 192 g/mol. The molecule has 0 radical (unpaired) electrons. The molecule has 0 amide bonds. The van der Waals surface area contributed by atoms with E-state index in [0.717, 1.165) is 6.42 Å². The van der Waals surface area contributed by atoms with E-state index in [1.165, 1.54) is 11.1 Å². The third-order valence-electron chi connectivity index (χ3n) is 2.81. The first-order valence-corrected chi connectivity index (χ1v) is 5.25. The third kappa shape index (κ3) is 1.68. The second kappa shape index (κ2) is 4.11. The van der Waals surface area contributed by atoms with Crippen molar-refractivity contribution in [1.82, 2.24) is 0 Å². The number of rotatable bonds is 0. The van der Waals surface area contributed by atoms with Gasteiger partial charge in [0.15, 0.2) is 0 Å². The Labute approximate surface area is 86.3 Å². The molecule has 0 fully saturated rings. The minimum absolute atomic E-state index is 0.0647. The highest BCUT2D eigenvalue weighted by atomic mass is 14.9. The van der Waals surface area contributed by atoms with Crippen LogP contribution in [0.2, 0.25) is 0 Å². The van der Waals surface area contributed by atoms with Gasteiger partial charge in [-0.2, -0.15) is 0 Å². The second-order valence-corrected chi connectivity index (χ2v) is 3.75. The van der Waals surface area contributed by atoms with Gasteiger partial charge in [-0.05, 0) is 24.5 Å². The summed E-state index contributed by atoms with van der Waals surface area (Å²) in [5.41, 5.74) is 14.2. The highest BCUT2D eigenvalue weighted by molar-refractivity contribution is 5.40. The molecule has 1 aliphatic rings. The largest absolute Gasteiger partial charge is 0.326 e. The van der Waals surface area contributed by atoms with Crippen molar-refractivity contribution in [2.75, 3.05) is 0 Å². The fraction of sp³-hybridized carbons (Fsp3) is 0.500. The van der Waals surface area contributed by atoms with E-state index in [0.29, 0.717) is 0 Å². The highest BCUT2D eigenvalue weighted by Gasteiger charge is 2.36. The molecule has 1 aromatic carbocycles. The predicted octanol–water partition coefficient (Wildman–Crippen LogP) is 1.77. The molecule has 1 aliphatic carbocycles. The minimum Gasteiger partial charge on any atom is -0.326 e. The molecule has 0 aliphatic heterocycles. The first-order chi connectivity index (χ1) is 6.62. The van der Waals surface area contributed by atoms with E-state index in [1.807, 2.05) is 32.9 Å². The number of fused-ring (bicyclic) bond motifs is 1. The summed E-state index contributed by atoms with van der Waals surface area (Å²) >= 11 is 0. The van der Waals surface area contributed by atoms with E-state index >= 15 is 0 Å². The van der Waals surface area contributed by atoms with Gasteiger partial charge in [0, 0.05) is 6.04 Å². The molecule has 2 nitrogen and oxygen atoms in total. The molecule has 2 atom stereocenters. The molecule has 1 aromatic rings. The fourth-order valence-electron chi connectivity index (χ4n) is 1.87. The number of benzene rings is 1. The Morgan fingerprint density at radius 1 is 1.29 bits per heavy atom. The van der Waals surface area contributed by atoms with Gasteiger partial charge in [0.05, 0.1) is 5.54 Å². The van der Waals surface area contributed by atoms with Crippen LogP contribution in [-0.4, -0.2) is 6.04 Å². The van der Waals surface area contributed by atoms with E-state index < -0.39 is 0 Å². The smallest absolute Gasteiger partial charge is 0.0540 e. The van der Waals surface area contributed by atoms with Crippen LogP contribution >= 0.6 is 0 Å². The Balaban J connectivity index is 0.000000461. The van der Waals surface area contributed by atoms with Crippen LogP contribution in [0.5, 0.6) is 0 Å². The van der Waals surface area contributed by atoms with Crippen molar-refractivity contribution in [3.05, 3.63) is 35.4 Å². The first kappa shape index (κ1) is 11.2. The van der Waals surface area contributed by atoms with E-state index in [2.05, 4.69) is 12.1 Å². The number of nitrogens with two attached hydrogens (primary N) is 2. The summed E-state index contributed by atoms with van der Waals surface area (Å²) in [6, 6.07) is 8.29. The maximum Gasteiger partial charge on any atom is 0.0540 e. The summed E-state index contributed by atoms with van der Waals surface area (Å²) < 4.78 is 0. The van der Waals surface area contributed by atoms with Crippen molar-refractivity contribution in [2.24, 2.45) is 11.5 Å². The van der Waals surface area contributed by atoms with Crippen molar-refractivity contribution in [1.29, 1.82) is 0 Å². The van der Waals surface area contributed by atoms with Crippen LogP contribution in [-0.2, 0) is 12.0 Å². The van der Waals surface area contributed by atoms with E-state index in [9.17, 15) is 0 Å². The van der Waals surface area contributed by atoms with Gasteiger partial charge in [0.25, 0.3) is 0 Å². The predicted molar refractivity (Wildman–Crippen MR) is 61.0 cm³/mol. The lowest BCUT2D eigenvalue weighted by molar-refractivity contribution is 0.421. The van der Waals surface area contributed by atoms with Crippen molar-refractivity contribution < 1.29 is 0 Å². The first-order valence-electron chi connectivity index (χ1n) is 5.25. The van der Waals surface area contributed by atoms with Crippen molar-refractivity contribution in [3.63, 3.8) is 0 Å². The van der Waals surface area contributed by atoms with Gasteiger partial charge in [-0.1, -0.05) is 38.1 Å². The average molecular weight is 192 g/mol. The van der Waals surface area contributed by atoms with Gasteiger partial charge in [0.1, 0.15) is 0 Å². The van der Waals surface area contributed by atoms with Crippen LogP contribution in [0, 0.1) is 0 Å². The van der Waals surface area contributed by atoms with Crippen LogP contribution in [0.1, 0.15) is 31.9 Å². The molecular weight excluding hydrogens is 172 g/mol. The van der Waals surface area contributed by atoms with Gasteiger partial charge in [-0.3, -0.25) is 0 Å². The molecule has 0 bridgehead atoms. The van der Waals surface area contributed by atoms with Crippen LogP contribution < -0.4 is 11.5 Å². The molecule has 78 valence electrons. The van der Waals surface area contributed by atoms with Gasteiger partial charge < -0.3 is 11.5 Å². The molecule has 0 aromatic heterocycles. The fourth-order valence-corrected chi connectivity index (χ4v) is 1.87. The Morgan fingerprint density at radius 3 is 2.43 bits per heavy atom. The number of hydrogen-bond donors (Lipinski definition) is 2.